The Bertz CT molecular complexity index is 322. The van der Waals surface area contributed by atoms with Gasteiger partial charge >= 0.3 is 0 Å². The quantitative estimate of drug-likeness (QED) is 0.772. The van der Waals surface area contributed by atoms with E-state index < -0.39 is 0 Å². The number of hydrogen-bond donors (Lipinski definition) is 2. The highest BCUT2D eigenvalue weighted by atomic mass is 16.3. The van der Waals surface area contributed by atoms with Crippen molar-refractivity contribution in [1.82, 2.24) is 15.1 Å². The molecule has 1 rings (SSSR count). The number of aryl methyl sites for hydroxylation is 2. The molecule has 0 amide bonds. The van der Waals surface area contributed by atoms with Crippen molar-refractivity contribution in [1.29, 1.82) is 0 Å². The summed E-state index contributed by atoms with van der Waals surface area (Å²) in [6.45, 7) is 6.55. The lowest BCUT2D eigenvalue weighted by Gasteiger charge is -2.21. The highest BCUT2D eigenvalue weighted by molar-refractivity contribution is 5.19. The van der Waals surface area contributed by atoms with Crippen molar-refractivity contribution in [2.75, 3.05) is 6.61 Å². The van der Waals surface area contributed by atoms with Crippen LogP contribution in [0.4, 0.5) is 0 Å². The van der Waals surface area contributed by atoms with Crippen LogP contribution >= 0.6 is 0 Å². The van der Waals surface area contributed by atoms with E-state index in [1.807, 2.05) is 18.7 Å². The van der Waals surface area contributed by atoms with E-state index in [1.54, 1.807) is 0 Å². The molecule has 1 aromatic heterocycles. The molecule has 0 fully saturated rings. The number of aromatic nitrogens is 2. The van der Waals surface area contributed by atoms with Gasteiger partial charge in [0.1, 0.15) is 0 Å². The Balaban J connectivity index is 2.63. The summed E-state index contributed by atoms with van der Waals surface area (Å²) in [4.78, 5) is 0. The molecule has 92 valence electrons. The molecule has 4 heteroatoms. The van der Waals surface area contributed by atoms with E-state index in [2.05, 4.69) is 30.5 Å². The third kappa shape index (κ3) is 3.32. The van der Waals surface area contributed by atoms with Crippen molar-refractivity contribution in [3.8, 4) is 0 Å². The summed E-state index contributed by atoms with van der Waals surface area (Å²) in [6.07, 6.45) is 3.89. The lowest BCUT2D eigenvalue weighted by Crippen LogP contribution is -2.32. The van der Waals surface area contributed by atoms with Crippen LogP contribution in [0.1, 0.15) is 44.0 Å². The van der Waals surface area contributed by atoms with Crippen LogP contribution in [0.2, 0.25) is 0 Å². The molecule has 1 heterocycles. The van der Waals surface area contributed by atoms with Gasteiger partial charge in [-0.1, -0.05) is 6.92 Å². The van der Waals surface area contributed by atoms with Crippen LogP contribution in [0.15, 0.2) is 6.20 Å². The molecule has 0 aliphatic carbocycles. The predicted octanol–water partition coefficient (Wildman–Crippen LogP) is 1.54. The Labute approximate surface area is 97.7 Å². The van der Waals surface area contributed by atoms with Gasteiger partial charge < -0.3 is 10.4 Å². The molecule has 0 saturated carbocycles. The van der Waals surface area contributed by atoms with E-state index in [-0.39, 0.29) is 12.6 Å². The lowest BCUT2D eigenvalue weighted by molar-refractivity contribution is 0.257. The Morgan fingerprint density at radius 2 is 2.25 bits per heavy atom. The average molecular weight is 225 g/mol. The zero-order valence-corrected chi connectivity index (χ0v) is 10.7. The maximum Gasteiger partial charge on any atom is 0.0641 e. The fourth-order valence-electron chi connectivity index (χ4n) is 2.05. The summed E-state index contributed by atoms with van der Waals surface area (Å²) >= 11 is 0. The van der Waals surface area contributed by atoms with Crippen molar-refractivity contribution < 1.29 is 5.11 Å². The highest BCUT2D eigenvalue weighted by Gasteiger charge is 2.15. The number of nitrogens with zero attached hydrogens (tertiary/aromatic N) is 2. The van der Waals surface area contributed by atoms with Crippen LogP contribution in [0.5, 0.6) is 0 Å². The summed E-state index contributed by atoms with van der Waals surface area (Å²) in [7, 11) is 1.94. The van der Waals surface area contributed by atoms with Gasteiger partial charge in [0.2, 0.25) is 0 Å². The van der Waals surface area contributed by atoms with Crippen molar-refractivity contribution in [2.45, 2.75) is 45.7 Å². The summed E-state index contributed by atoms with van der Waals surface area (Å²) in [5.41, 5.74) is 2.31. The van der Waals surface area contributed by atoms with Crippen molar-refractivity contribution >= 4 is 0 Å². The van der Waals surface area contributed by atoms with E-state index in [0.29, 0.717) is 6.04 Å². The van der Waals surface area contributed by atoms with Gasteiger partial charge in [0, 0.05) is 37.5 Å². The molecule has 0 saturated heterocycles. The Morgan fingerprint density at radius 1 is 1.56 bits per heavy atom. The Morgan fingerprint density at radius 3 is 2.69 bits per heavy atom. The largest absolute Gasteiger partial charge is 0.396 e. The molecular weight excluding hydrogens is 202 g/mol. The van der Waals surface area contributed by atoms with Crippen molar-refractivity contribution in [3.63, 3.8) is 0 Å². The third-order valence-corrected chi connectivity index (χ3v) is 2.97. The summed E-state index contributed by atoms with van der Waals surface area (Å²) in [5, 5.41) is 16.8. The lowest BCUT2D eigenvalue weighted by atomic mass is 10.1. The van der Waals surface area contributed by atoms with Gasteiger partial charge in [0.15, 0.2) is 0 Å². The topological polar surface area (TPSA) is 50.1 Å². The Kier molecular flexibility index (Phi) is 4.96. The van der Waals surface area contributed by atoms with Crippen LogP contribution in [0.25, 0.3) is 0 Å². The molecule has 0 aliphatic heterocycles. The van der Waals surface area contributed by atoms with Gasteiger partial charge in [-0.25, -0.2) is 0 Å². The molecule has 2 N–H and O–H groups in total. The zero-order valence-electron chi connectivity index (χ0n) is 10.7. The first kappa shape index (κ1) is 13.2. The minimum Gasteiger partial charge on any atom is -0.396 e. The average Bonchev–Trinajstić information content (AvgIpc) is 2.57. The number of aliphatic hydroxyl groups excluding tert-OH is 1. The van der Waals surface area contributed by atoms with E-state index in [0.717, 1.165) is 18.5 Å². The van der Waals surface area contributed by atoms with Crippen LogP contribution in [0.3, 0.4) is 0 Å². The molecule has 0 bridgehead atoms. The van der Waals surface area contributed by atoms with Crippen molar-refractivity contribution in [3.05, 3.63) is 17.5 Å². The van der Waals surface area contributed by atoms with Crippen LogP contribution in [-0.2, 0) is 7.05 Å². The molecule has 0 aromatic carbocycles. The van der Waals surface area contributed by atoms with E-state index in [1.165, 1.54) is 5.56 Å². The molecule has 0 radical (unpaired) electrons. The molecule has 2 atom stereocenters. The first-order chi connectivity index (χ1) is 7.58. The maximum atomic E-state index is 8.95. The molecule has 16 heavy (non-hydrogen) atoms. The van der Waals surface area contributed by atoms with Gasteiger partial charge in [-0.15, -0.1) is 0 Å². The smallest absolute Gasteiger partial charge is 0.0641 e. The number of hydrogen-bond acceptors (Lipinski definition) is 3. The SMILES string of the molecule is CCC(CCO)NC(C)c1cn(C)nc1C. The third-order valence-electron chi connectivity index (χ3n) is 2.97. The zero-order chi connectivity index (χ0) is 12.1. The molecule has 0 aliphatic rings. The van der Waals surface area contributed by atoms with E-state index in [9.17, 15) is 0 Å². The van der Waals surface area contributed by atoms with Gasteiger partial charge in [-0.05, 0) is 26.7 Å². The van der Waals surface area contributed by atoms with Crippen LogP contribution in [0, 0.1) is 6.92 Å². The van der Waals surface area contributed by atoms with Crippen molar-refractivity contribution in [2.24, 2.45) is 7.05 Å². The standard InChI is InChI=1S/C12H23N3O/c1-5-11(6-7-16)13-9(2)12-8-15(4)14-10(12)3/h8-9,11,13,16H,5-7H2,1-4H3. The van der Waals surface area contributed by atoms with Crippen LogP contribution in [-0.4, -0.2) is 27.5 Å². The fourth-order valence-corrected chi connectivity index (χ4v) is 2.05. The van der Waals surface area contributed by atoms with Crippen LogP contribution < -0.4 is 5.32 Å². The number of rotatable bonds is 6. The van der Waals surface area contributed by atoms with Gasteiger partial charge in [0.25, 0.3) is 0 Å². The molecule has 4 nitrogen and oxygen atoms in total. The number of aliphatic hydroxyl groups is 1. The minimum atomic E-state index is 0.240. The first-order valence-corrected chi connectivity index (χ1v) is 5.95. The summed E-state index contributed by atoms with van der Waals surface area (Å²) in [5.74, 6) is 0. The fraction of sp³-hybridized carbons (Fsp3) is 0.750. The Hall–Kier alpha value is -0.870. The maximum absolute atomic E-state index is 8.95. The normalized spacial score (nSPS) is 15.1. The second-order valence-electron chi connectivity index (χ2n) is 4.35. The number of nitrogens with one attached hydrogen (secondary N) is 1. The van der Waals surface area contributed by atoms with Gasteiger partial charge in [-0.2, -0.15) is 5.10 Å². The van der Waals surface area contributed by atoms with Gasteiger partial charge in [0.05, 0.1) is 5.69 Å². The highest BCUT2D eigenvalue weighted by Crippen LogP contribution is 2.17. The molecular formula is C12H23N3O. The molecule has 0 spiro atoms. The second-order valence-corrected chi connectivity index (χ2v) is 4.35. The van der Waals surface area contributed by atoms with Gasteiger partial charge in [-0.3, -0.25) is 4.68 Å². The molecule has 1 aromatic rings. The second kappa shape index (κ2) is 6.01. The van der Waals surface area contributed by atoms with E-state index in [4.69, 9.17) is 5.11 Å². The molecule has 2 unspecified atom stereocenters. The summed E-state index contributed by atoms with van der Waals surface area (Å²) in [6, 6.07) is 0.657. The first-order valence-electron chi connectivity index (χ1n) is 5.95. The van der Waals surface area contributed by atoms with E-state index >= 15 is 0 Å². The predicted molar refractivity (Wildman–Crippen MR) is 65.3 cm³/mol. The minimum absolute atomic E-state index is 0.240. The monoisotopic (exact) mass is 225 g/mol. The summed E-state index contributed by atoms with van der Waals surface area (Å²) < 4.78 is 1.84.